The number of nitrogens with one attached hydrogen (secondary N) is 1. The molecule has 1 saturated heterocycles. The van der Waals surface area contributed by atoms with Gasteiger partial charge in [0, 0.05) is 43.5 Å². The van der Waals surface area contributed by atoms with Crippen LogP contribution in [0.4, 0.5) is 5.82 Å². The van der Waals surface area contributed by atoms with E-state index in [1.165, 1.54) is 11.3 Å². The van der Waals surface area contributed by atoms with Crippen LogP contribution in [0, 0.1) is 6.92 Å². The fourth-order valence-corrected chi connectivity index (χ4v) is 4.28. The van der Waals surface area contributed by atoms with E-state index in [2.05, 4.69) is 34.3 Å². The number of hydrogen-bond donors (Lipinski definition) is 1. The van der Waals surface area contributed by atoms with Gasteiger partial charge in [-0.05, 0) is 38.8 Å². The number of likely N-dealkylation sites (tertiary alicyclic amines) is 1. The Morgan fingerprint density at radius 2 is 1.97 bits per heavy atom. The molecular weight excluding hydrogens is 400 g/mol. The Balaban J connectivity index is 1.38. The number of nitrogens with zero attached hydrogens (tertiary/aromatic N) is 5. The topological polar surface area (TPSA) is 68.0 Å². The largest absolute Gasteiger partial charge is 0.307 e. The van der Waals surface area contributed by atoms with E-state index in [9.17, 15) is 4.79 Å². The Morgan fingerprint density at radius 3 is 2.67 bits per heavy atom. The molecule has 30 heavy (non-hydrogen) atoms. The summed E-state index contributed by atoms with van der Waals surface area (Å²) < 4.78 is 3.98. The lowest BCUT2D eigenvalue weighted by Crippen LogP contribution is -2.35. The standard InChI is InChI=1S/C22H27ClN6O/c1-3-28-16(2)17(14-25-28)15-27-12-9-18(10-13-27)29-21(8-11-24-29)26-22(30)19-6-4-5-7-20(19)23/h4-8,11,14,18H,3,9-10,12-13,15H2,1-2H3,(H,26,30). The Kier molecular flexibility index (Phi) is 6.20. The third kappa shape index (κ3) is 4.27. The second kappa shape index (κ2) is 9.02. The molecule has 0 saturated carbocycles. The van der Waals surface area contributed by atoms with E-state index in [0.717, 1.165) is 39.0 Å². The maximum Gasteiger partial charge on any atom is 0.258 e. The van der Waals surface area contributed by atoms with E-state index in [4.69, 9.17) is 11.6 Å². The molecule has 1 fully saturated rings. The first-order valence-electron chi connectivity index (χ1n) is 10.4. The van der Waals surface area contributed by atoms with E-state index < -0.39 is 0 Å². The van der Waals surface area contributed by atoms with E-state index in [0.29, 0.717) is 16.4 Å². The van der Waals surface area contributed by atoms with Crippen molar-refractivity contribution in [3.05, 3.63) is 64.6 Å². The van der Waals surface area contributed by atoms with Gasteiger partial charge < -0.3 is 5.32 Å². The van der Waals surface area contributed by atoms with Gasteiger partial charge in [0.15, 0.2) is 0 Å². The second-order valence-corrected chi connectivity index (χ2v) is 8.08. The molecule has 1 aliphatic heterocycles. The van der Waals surface area contributed by atoms with E-state index >= 15 is 0 Å². The highest BCUT2D eigenvalue weighted by molar-refractivity contribution is 6.34. The van der Waals surface area contributed by atoms with Gasteiger partial charge in [-0.1, -0.05) is 23.7 Å². The number of piperidine rings is 1. The average molecular weight is 427 g/mol. The number of rotatable bonds is 6. The van der Waals surface area contributed by atoms with E-state index in [1.54, 1.807) is 24.4 Å². The molecule has 2 aromatic heterocycles. The molecule has 0 aliphatic carbocycles. The molecule has 0 unspecified atom stereocenters. The molecule has 8 heteroatoms. The highest BCUT2D eigenvalue weighted by atomic mass is 35.5. The zero-order chi connectivity index (χ0) is 21.1. The molecule has 158 valence electrons. The van der Waals surface area contributed by atoms with Gasteiger partial charge in [-0.3, -0.25) is 14.4 Å². The number of aromatic nitrogens is 4. The summed E-state index contributed by atoms with van der Waals surface area (Å²) in [5, 5.41) is 12.3. The zero-order valence-corrected chi connectivity index (χ0v) is 18.1. The number of carbonyl (C=O) groups excluding carboxylic acids is 1. The first kappa shape index (κ1) is 20.6. The van der Waals surface area contributed by atoms with Crippen molar-refractivity contribution in [3.8, 4) is 0 Å². The monoisotopic (exact) mass is 426 g/mol. The summed E-state index contributed by atoms with van der Waals surface area (Å²) in [4.78, 5) is 15.1. The number of aryl methyl sites for hydroxylation is 1. The number of benzene rings is 1. The first-order chi connectivity index (χ1) is 14.6. The van der Waals surface area contributed by atoms with Crippen molar-refractivity contribution < 1.29 is 4.79 Å². The molecule has 1 aliphatic rings. The van der Waals surface area contributed by atoms with Crippen LogP contribution in [-0.2, 0) is 13.1 Å². The summed E-state index contributed by atoms with van der Waals surface area (Å²) in [5.74, 6) is 0.488. The number of amides is 1. The minimum Gasteiger partial charge on any atom is -0.307 e. The van der Waals surface area contributed by atoms with Gasteiger partial charge in [-0.25, -0.2) is 4.68 Å². The maximum absolute atomic E-state index is 12.6. The molecule has 1 aromatic carbocycles. The summed E-state index contributed by atoms with van der Waals surface area (Å²) in [6.07, 6.45) is 5.69. The van der Waals surface area contributed by atoms with Crippen molar-refractivity contribution in [1.82, 2.24) is 24.5 Å². The fraction of sp³-hybridized carbons (Fsp3) is 0.409. The van der Waals surface area contributed by atoms with Gasteiger partial charge >= 0.3 is 0 Å². The lowest BCUT2D eigenvalue weighted by molar-refractivity contribution is 0.102. The van der Waals surface area contributed by atoms with Crippen LogP contribution in [0.15, 0.2) is 42.7 Å². The first-order valence-corrected chi connectivity index (χ1v) is 10.8. The average Bonchev–Trinajstić information content (AvgIpc) is 3.35. The van der Waals surface area contributed by atoms with Gasteiger partial charge in [0.05, 0.1) is 29.0 Å². The quantitative estimate of drug-likeness (QED) is 0.642. The predicted molar refractivity (Wildman–Crippen MR) is 118 cm³/mol. The van der Waals surface area contributed by atoms with Crippen LogP contribution in [-0.4, -0.2) is 43.5 Å². The second-order valence-electron chi connectivity index (χ2n) is 7.67. The Morgan fingerprint density at radius 1 is 1.20 bits per heavy atom. The number of carbonyl (C=O) groups is 1. The van der Waals surface area contributed by atoms with Crippen molar-refractivity contribution in [2.45, 2.75) is 45.8 Å². The smallest absolute Gasteiger partial charge is 0.258 e. The highest BCUT2D eigenvalue weighted by Gasteiger charge is 2.24. The molecule has 3 heterocycles. The van der Waals surface area contributed by atoms with Crippen LogP contribution >= 0.6 is 11.6 Å². The highest BCUT2D eigenvalue weighted by Crippen LogP contribution is 2.27. The normalized spacial score (nSPS) is 15.4. The van der Waals surface area contributed by atoms with Gasteiger partial charge in [0.2, 0.25) is 0 Å². The van der Waals surface area contributed by atoms with Gasteiger partial charge in [-0.15, -0.1) is 0 Å². The zero-order valence-electron chi connectivity index (χ0n) is 17.4. The van der Waals surface area contributed by atoms with E-state index in [1.807, 2.05) is 27.7 Å². The maximum atomic E-state index is 12.6. The van der Waals surface area contributed by atoms with Crippen molar-refractivity contribution in [1.29, 1.82) is 0 Å². The van der Waals surface area contributed by atoms with Crippen LogP contribution in [0.3, 0.4) is 0 Å². The number of anilines is 1. The third-order valence-electron chi connectivity index (χ3n) is 5.83. The fourth-order valence-electron chi connectivity index (χ4n) is 4.06. The molecule has 0 radical (unpaired) electrons. The molecule has 7 nitrogen and oxygen atoms in total. The van der Waals surface area contributed by atoms with Crippen molar-refractivity contribution >= 4 is 23.3 Å². The van der Waals surface area contributed by atoms with Crippen LogP contribution in [0.1, 0.15) is 47.4 Å². The molecule has 0 spiro atoms. The molecule has 1 N–H and O–H groups in total. The summed E-state index contributed by atoms with van der Waals surface area (Å²) in [5.41, 5.74) is 3.00. The molecule has 4 rings (SSSR count). The van der Waals surface area contributed by atoms with Crippen molar-refractivity contribution in [3.63, 3.8) is 0 Å². The van der Waals surface area contributed by atoms with Crippen molar-refractivity contribution in [2.24, 2.45) is 0 Å². The molecule has 3 aromatic rings. The number of hydrogen-bond acceptors (Lipinski definition) is 4. The lowest BCUT2D eigenvalue weighted by Gasteiger charge is -2.32. The minimum absolute atomic E-state index is 0.219. The molecule has 0 atom stereocenters. The van der Waals surface area contributed by atoms with Crippen molar-refractivity contribution in [2.75, 3.05) is 18.4 Å². The predicted octanol–water partition coefficient (Wildman–Crippen LogP) is 4.15. The van der Waals surface area contributed by atoms with Gasteiger partial charge in [-0.2, -0.15) is 10.2 Å². The SMILES string of the molecule is CCn1ncc(CN2CCC(n3nccc3NC(=O)c3ccccc3Cl)CC2)c1C. The number of halogens is 1. The minimum atomic E-state index is -0.219. The molecule has 1 amide bonds. The van der Waals surface area contributed by atoms with Crippen LogP contribution in [0.2, 0.25) is 5.02 Å². The van der Waals surface area contributed by atoms with Crippen LogP contribution in [0.5, 0.6) is 0 Å². The van der Waals surface area contributed by atoms with Gasteiger partial charge in [0.1, 0.15) is 5.82 Å². The van der Waals surface area contributed by atoms with E-state index in [-0.39, 0.29) is 11.9 Å². The summed E-state index contributed by atoms with van der Waals surface area (Å²) in [6, 6.07) is 9.15. The summed E-state index contributed by atoms with van der Waals surface area (Å²) in [7, 11) is 0. The third-order valence-corrected chi connectivity index (χ3v) is 6.16. The Hall–Kier alpha value is -2.64. The molecular formula is C22H27ClN6O. The lowest BCUT2D eigenvalue weighted by atomic mass is 10.0. The van der Waals surface area contributed by atoms with Crippen LogP contribution < -0.4 is 5.32 Å². The summed E-state index contributed by atoms with van der Waals surface area (Å²) in [6.45, 7) is 8.04. The summed E-state index contributed by atoms with van der Waals surface area (Å²) >= 11 is 6.16. The molecule has 0 bridgehead atoms. The Bertz CT molecular complexity index is 1020. The van der Waals surface area contributed by atoms with Gasteiger partial charge in [0.25, 0.3) is 5.91 Å². The van der Waals surface area contributed by atoms with Crippen LogP contribution in [0.25, 0.3) is 0 Å². The Labute approximate surface area is 181 Å².